The van der Waals surface area contributed by atoms with Crippen molar-refractivity contribution in [2.45, 2.75) is 44.1 Å². The van der Waals surface area contributed by atoms with Crippen LogP contribution in [0, 0.1) is 17.8 Å². The molecule has 1 aromatic rings. The molecule has 0 spiro atoms. The number of amides is 3. The molecule has 25 heavy (non-hydrogen) atoms. The highest BCUT2D eigenvalue weighted by molar-refractivity contribution is 6.38. The molecule has 6 heteroatoms. The van der Waals surface area contributed by atoms with Crippen LogP contribution < -0.4 is 16.4 Å². The largest absolute Gasteiger partial charge is 0.399 e. The van der Waals surface area contributed by atoms with Crippen LogP contribution in [0.15, 0.2) is 24.3 Å². The minimum absolute atomic E-state index is 0.243. The SMILES string of the molecule is Nc1ccc(C(=O)NC(=O)C(=O)NC23CC4CC(CC(C4)C2)C3)cc1. The third kappa shape index (κ3) is 3.13. The van der Waals surface area contributed by atoms with Crippen LogP contribution in [-0.2, 0) is 9.59 Å². The number of nitrogens with one attached hydrogen (secondary N) is 2. The molecule has 0 heterocycles. The van der Waals surface area contributed by atoms with Crippen LogP contribution in [-0.4, -0.2) is 23.3 Å². The summed E-state index contributed by atoms with van der Waals surface area (Å²) < 4.78 is 0. The predicted octanol–water partition coefficient (Wildman–Crippen LogP) is 1.61. The lowest BCUT2D eigenvalue weighted by Crippen LogP contribution is -2.61. The molecule has 4 bridgehead atoms. The van der Waals surface area contributed by atoms with Gasteiger partial charge in [0.15, 0.2) is 0 Å². The van der Waals surface area contributed by atoms with E-state index in [-0.39, 0.29) is 5.54 Å². The zero-order valence-corrected chi connectivity index (χ0v) is 14.1. The highest BCUT2D eigenvalue weighted by Crippen LogP contribution is 2.55. The summed E-state index contributed by atoms with van der Waals surface area (Å²) in [6, 6.07) is 6.20. The van der Waals surface area contributed by atoms with Gasteiger partial charge in [-0.2, -0.15) is 0 Å². The summed E-state index contributed by atoms with van der Waals surface area (Å²) in [5, 5.41) is 5.13. The minimum Gasteiger partial charge on any atom is -0.399 e. The monoisotopic (exact) mass is 341 g/mol. The summed E-state index contributed by atoms with van der Waals surface area (Å²) in [6.07, 6.45) is 6.67. The maximum atomic E-state index is 12.4. The Bertz CT molecular complexity index is 691. The van der Waals surface area contributed by atoms with Crippen LogP contribution in [0.5, 0.6) is 0 Å². The van der Waals surface area contributed by atoms with Gasteiger partial charge in [-0.25, -0.2) is 0 Å². The van der Waals surface area contributed by atoms with Gasteiger partial charge >= 0.3 is 11.8 Å². The molecule has 0 unspecified atom stereocenters. The van der Waals surface area contributed by atoms with Gasteiger partial charge in [0.1, 0.15) is 0 Å². The smallest absolute Gasteiger partial charge is 0.316 e. The Labute approximate surface area is 146 Å². The summed E-state index contributed by atoms with van der Waals surface area (Å²) in [5.74, 6) is -0.169. The lowest BCUT2D eigenvalue weighted by atomic mass is 9.53. The van der Waals surface area contributed by atoms with Crippen molar-refractivity contribution >= 4 is 23.4 Å². The molecular weight excluding hydrogens is 318 g/mol. The Morgan fingerprint density at radius 1 is 0.880 bits per heavy atom. The van der Waals surface area contributed by atoms with E-state index in [0.717, 1.165) is 19.3 Å². The molecule has 0 aromatic heterocycles. The number of nitrogens with two attached hydrogens (primary N) is 1. The van der Waals surface area contributed by atoms with E-state index < -0.39 is 17.7 Å². The van der Waals surface area contributed by atoms with Crippen molar-refractivity contribution in [2.75, 3.05) is 5.73 Å². The quantitative estimate of drug-likeness (QED) is 0.562. The lowest BCUT2D eigenvalue weighted by molar-refractivity contribution is -0.142. The molecule has 132 valence electrons. The molecule has 3 amide bonds. The lowest BCUT2D eigenvalue weighted by Gasteiger charge is -2.56. The number of hydrogen-bond acceptors (Lipinski definition) is 4. The van der Waals surface area contributed by atoms with Gasteiger partial charge in [0.25, 0.3) is 5.91 Å². The zero-order valence-electron chi connectivity index (χ0n) is 14.1. The van der Waals surface area contributed by atoms with Crippen LogP contribution in [0.3, 0.4) is 0 Å². The standard InChI is InChI=1S/C19H23N3O3/c20-15-3-1-14(2-4-15)16(23)21-17(24)18(25)22-19-8-11-5-12(9-19)7-13(6-11)10-19/h1-4,11-13H,5-10,20H2,(H,22,25)(H,21,23,24). The van der Waals surface area contributed by atoms with E-state index >= 15 is 0 Å². The predicted molar refractivity (Wildman–Crippen MR) is 92.4 cm³/mol. The summed E-state index contributed by atoms with van der Waals surface area (Å²) in [4.78, 5) is 36.6. The second-order valence-electron chi connectivity index (χ2n) is 8.06. The fourth-order valence-corrected chi connectivity index (χ4v) is 5.43. The third-order valence-electron chi connectivity index (χ3n) is 6.02. The fourth-order valence-electron chi connectivity index (χ4n) is 5.43. The molecule has 6 nitrogen and oxygen atoms in total. The topological polar surface area (TPSA) is 101 Å². The molecule has 5 rings (SSSR count). The molecule has 4 aliphatic carbocycles. The number of anilines is 1. The van der Waals surface area contributed by atoms with Crippen molar-refractivity contribution in [3.8, 4) is 0 Å². The number of hydrogen-bond donors (Lipinski definition) is 3. The summed E-state index contributed by atoms with van der Waals surface area (Å²) in [7, 11) is 0. The molecule has 4 aliphatic rings. The maximum Gasteiger partial charge on any atom is 0.316 e. The van der Waals surface area contributed by atoms with Gasteiger partial charge in [0, 0.05) is 16.8 Å². The van der Waals surface area contributed by atoms with Crippen molar-refractivity contribution < 1.29 is 14.4 Å². The van der Waals surface area contributed by atoms with Crippen LogP contribution in [0.25, 0.3) is 0 Å². The maximum absolute atomic E-state index is 12.4. The van der Waals surface area contributed by atoms with Crippen molar-refractivity contribution in [1.82, 2.24) is 10.6 Å². The van der Waals surface area contributed by atoms with Crippen molar-refractivity contribution in [1.29, 1.82) is 0 Å². The van der Waals surface area contributed by atoms with Gasteiger partial charge in [-0.15, -0.1) is 0 Å². The van der Waals surface area contributed by atoms with Gasteiger partial charge < -0.3 is 11.1 Å². The second-order valence-corrected chi connectivity index (χ2v) is 8.06. The molecule has 4 saturated carbocycles. The molecule has 0 saturated heterocycles. The van der Waals surface area contributed by atoms with Gasteiger partial charge in [-0.05, 0) is 80.5 Å². The van der Waals surface area contributed by atoms with E-state index in [1.54, 1.807) is 12.1 Å². The number of carbonyl (C=O) groups excluding carboxylic acids is 3. The first-order chi connectivity index (χ1) is 11.9. The Hall–Kier alpha value is -2.37. The van der Waals surface area contributed by atoms with Gasteiger partial charge in [0.2, 0.25) is 0 Å². The number of nitrogen functional groups attached to an aromatic ring is 1. The van der Waals surface area contributed by atoms with E-state index in [0.29, 0.717) is 29.0 Å². The highest BCUT2D eigenvalue weighted by Gasteiger charge is 2.51. The molecule has 0 aliphatic heterocycles. The summed E-state index contributed by atoms with van der Waals surface area (Å²) >= 11 is 0. The Morgan fingerprint density at radius 3 is 1.92 bits per heavy atom. The van der Waals surface area contributed by atoms with Crippen LogP contribution in [0.4, 0.5) is 5.69 Å². The van der Waals surface area contributed by atoms with Crippen LogP contribution in [0.1, 0.15) is 48.9 Å². The number of rotatable bonds is 2. The van der Waals surface area contributed by atoms with Crippen LogP contribution >= 0.6 is 0 Å². The van der Waals surface area contributed by atoms with E-state index in [2.05, 4.69) is 10.6 Å². The van der Waals surface area contributed by atoms with E-state index in [1.807, 2.05) is 0 Å². The number of benzene rings is 1. The Morgan fingerprint density at radius 2 is 1.40 bits per heavy atom. The molecule has 4 N–H and O–H groups in total. The van der Waals surface area contributed by atoms with Crippen molar-refractivity contribution in [2.24, 2.45) is 17.8 Å². The van der Waals surface area contributed by atoms with E-state index in [1.165, 1.54) is 31.4 Å². The van der Waals surface area contributed by atoms with Crippen molar-refractivity contribution in [3.05, 3.63) is 29.8 Å². The highest BCUT2D eigenvalue weighted by atomic mass is 16.2. The van der Waals surface area contributed by atoms with Gasteiger partial charge in [0.05, 0.1) is 0 Å². The minimum atomic E-state index is -0.891. The van der Waals surface area contributed by atoms with Gasteiger partial charge in [-0.1, -0.05) is 0 Å². The number of imide groups is 1. The first kappa shape index (κ1) is 16.1. The molecule has 0 radical (unpaired) electrons. The third-order valence-corrected chi connectivity index (χ3v) is 6.02. The summed E-state index contributed by atoms with van der Waals surface area (Å²) in [6.45, 7) is 0. The Balaban J connectivity index is 1.39. The first-order valence-corrected chi connectivity index (χ1v) is 8.96. The summed E-state index contributed by atoms with van der Waals surface area (Å²) in [5.41, 5.74) is 6.16. The molecule has 1 aromatic carbocycles. The molecular formula is C19H23N3O3. The first-order valence-electron chi connectivity index (χ1n) is 8.96. The molecule has 0 atom stereocenters. The average Bonchev–Trinajstić information content (AvgIpc) is 2.53. The van der Waals surface area contributed by atoms with E-state index in [4.69, 9.17) is 5.73 Å². The van der Waals surface area contributed by atoms with Crippen molar-refractivity contribution in [3.63, 3.8) is 0 Å². The zero-order chi connectivity index (χ0) is 17.6. The van der Waals surface area contributed by atoms with E-state index in [9.17, 15) is 14.4 Å². The van der Waals surface area contributed by atoms with Crippen LogP contribution in [0.2, 0.25) is 0 Å². The number of carbonyl (C=O) groups is 3. The van der Waals surface area contributed by atoms with Gasteiger partial charge in [-0.3, -0.25) is 19.7 Å². The normalized spacial score (nSPS) is 32.2. The fraction of sp³-hybridized carbons (Fsp3) is 0.526. The average molecular weight is 341 g/mol. The Kier molecular flexibility index (Phi) is 3.78. The second kappa shape index (κ2) is 5.86. The molecule has 4 fully saturated rings.